The Morgan fingerprint density at radius 3 is 2.31 bits per heavy atom. The van der Waals surface area contributed by atoms with Crippen LogP contribution in [0.1, 0.15) is 107 Å². The first-order chi connectivity index (χ1) is 16.6. The van der Waals surface area contributed by atoms with Crippen LogP contribution in [0.4, 0.5) is 0 Å². The zero-order valence-corrected chi connectivity index (χ0v) is 23.9. The Morgan fingerprint density at radius 1 is 0.972 bits per heavy atom. The average Bonchev–Trinajstić information content (AvgIpc) is 2.79. The van der Waals surface area contributed by atoms with Crippen LogP contribution < -0.4 is 0 Å². The van der Waals surface area contributed by atoms with Crippen molar-refractivity contribution in [3.63, 3.8) is 0 Å². The molecule has 10 atom stereocenters. The van der Waals surface area contributed by atoms with E-state index in [9.17, 15) is 14.7 Å². The van der Waals surface area contributed by atoms with Crippen LogP contribution in [0, 0.1) is 50.7 Å². The molecule has 36 heavy (non-hydrogen) atoms. The van der Waals surface area contributed by atoms with Crippen molar-refractivity contribution in [2.45, 2.75) is 113 Å². The second-order valence-corrected chi connectivity index (χ2v) is 14.6. The highest BCUT2D eigenvalue weighted by Gasteiger charge is 2.68. The van der Waals surface area contributed by atoms with E-state index in [2.05, 4.69) is 53.7 Å². The van der Waals surface area contributed by atoms with Gasteiger partial charge in [0.1, 0.15) is 11.5 Å². The number of hydrogen-bond acceptors (Lipinski definition) is 3. The lowest BCUT2D eigenvalue weighted by Gasteiger charge is -2.69. The minimum absolute atomic E-state index is 0.0880. The molecule has 0 saturated heterocycles. The van der Waals surface area contributed by atoms with Gasteiger partial charge in [0.2, 0.25) is 0 Å². The van der Waals surface area contributed by atoms with Gasteiger partial charge in [-0.25, -0.2) is 0 Å². The quantitative estimate of drug-likeness (QED) is 0.316. The average molecular weight is 497 g/mol. The molecule has 4 nitrogen and oxygen atoms in total. The van der Waals surface area contributed by atoms with Crippen LogP contribution in [0.3, 0.4) is 0 Å². The standard InChI is InChI=1S/C32H48O4/c1-19-11-14-28(4)17-18-30(6)22(26(28)20(19)2)9-10-23-29(5)15-13-25(36-21(3)33)32(8,27(34)35)24(29)12-16-31(23,30)7/h9,12,19-20,23,25-26H,10-11,13-18H2,1-8H3,(H,34,35)/t19-,20+,23-,25-,26+,28-,29-,30-,31-,32-/m1/s1. The highest BCUT2D eigenvalue weighted by atomic mass is 16.5. The third-order valence-corrected chi connectivity index (χ3v) is 13.1. The summed E-state index contributed by atoms with van der Waals surface area (Å²) in [5.41, 5.74) is 1.96. The fourth-order valence-corrected chi connectivity index (χ4v) is 10.5. The highest BCUT2D eigenvalue weighted by molar-refractivity contribution is 5.81. The summed E-state index contributed by atoms with van der Waals surface area (Å²) in [7, 11) is 0. The molecular formula is C32H48O4. The lowest BCUT2D eigenvalue weighted by atomic mass is 9.35. The van der Waals surface area contributed by atoms with E-state index in [1.807, 2.05) is 0 Å². The number of ether oxygens (including phenoxy) is 1. The van der Waals surface area contributed by atoms with Gasteiger partial charge in [0, 0.05) is 6.92 Å². The minimum Gasteiger partial charge on any atom is -0.480 e. The molecule has 4 heteroatoms. The molecule has 5 aliphatic rings. The van der Waals surface area contributed by atoms with Crippen molar-refractivity contribution >= 4 is 11.9 Å². The van der Waals surface area contributed by atoms with E-state index in [1.165, 1.54) is 32.6 Å². The van der Waals surface area contributed by atoms with Crippen LogP contribution in [0.25, 0.3) is 0 Å². The van der Waals surface area contributed by atoms with Gasteiger partial charge >= 0.3 is 11.9 Å². The Kier molecular flexibility index (Phi) is 5.76. The van der Waals surface area contributed by atoms with Gasteiger partial charge in [-0.2, -0.15) is 0 Å². The normalized spacial score (nSPS) is 51.9. The van der Waals surface area contributed by atoms with Gasteiger partial charge in [0.15, 0.2) is 0 Å². The molecular weight excluding hydrogens is 448 g/mol. The van der Waals surface area contributed by atoms with Crippen molar-refractivity contribution in [1.82, 2.24) is 0 Å². The predicted octanol–water partition coefficient (Wildman–Crippen LogP) is 7.58. The van der Waals surface area contributed by atoms with Gasteiger partial charge in [-0.3, -0.25) is 9.59 Å². The van der Waals surface area contributed by atoms with E-state index >= 15 is 0 Å². The predicted molar refractivity (Wildman–Crippen MR) is 142 cm³/mol. The molecule has 5 rings (SSSR count). The monoisotopic (exact) mass is 496 g/mol. The molecule has 0 aromatic carbocycles. The van der Waals surface area contributed by atoms with Crippen LogP contribution >= 0.6 is 0 Å². The number of carbonyl (C=O) groups is 2. The van der Waals surface area contributed by atoms with Gasteiger partial charge in [-0.1, -0.05) is 59.3 Å². The first-order valence-corrected chi connectivity index (χ1v) is 14.5. The number of carboxylic acid groups (broad SMARTS) is 1. The second-order valence-electron chi connectivity index (χ2n) is 14.6. The van der Waals surface area contributed by atoms with E-state index in [0.717, 1.165) is 30.8 Å². The van der Waals surface area contributed by atoms with Crippen LogP contribution in [0.15, 0.2) is 23.3 Å². The Morgan fingerprint density at radius 2 is 1.67 bits per heavy atom. The molecule has 3 saturated carbocycles. The summed E-state index contributed by atoms with van der Waals surface area (Å²) in [5, 5.41) is 10.5. The van der Waals surface area contributed by atoms with Crippen molar-refractivity contribution in [2.24, 2.45) is 50.7 Å². The third kappa shape index (κ3) is 3.11. The van der Waals surface area contributed by atoms with Crippen molar-refractivity contribution in [3.8, 4) is 0 Å². The Bertz CT molecular complexity index is 1040. The number of carboxylic acids is 1. The maximum absolute atomic E-state index is 12.8. The minimum atomic E-state index is -1.18. The summed E-state index contributed by atoms with van der Waals surface area (Å²) in [5.74, 6) is 1.24. The summed E-state index contributed by atoms with van der Waals surface area (Å²) in [6.45, 7) is 18.1. The van der Waals surface area contributed by atoms with Gasteiger partial charge in [0.05, 0.1) is 0 Å². The molecule has 0 aliphatic heterocycles. The van der Waals surface area contributed by atoms with Crippen LogP contribution in [0.2, 0.25) is 0 Å². The van der Waals surface area contributed by atoms with Crippen LogP contribution in [0.5, 0.6) is 0 Å². The number of carbonyl (C=O) groups excluding carboxylic acids is 1. The molecule has 0 radical (unpaired) electrons. The van der Waals surface area contributed by atoms with Crippen molar-refractivity contribution in [3.05, 3.63) is 23.3 Å². The molecule has 0 amide bonds. The van der Waals surface area contributed by atoms with Crippen LogP contribution in [-0.2, 0) is 14.3 Å². The molecule has 1 N–H and O–H groups in total. The van der Waals surface area contributed by atoms with Gasteiger partial charge in [-0.15, -0.1) is 0 Å². The van der Waals surface area contributed by atoms with Crippen molar-refractivity contribution < 1.29 is 19.4 Å². The maximum atomic E-state index is 12.8. The molecule has 200 valence electrons. The lowest BCUT2D eigenvalue weighted by molar-refractivity contribution is -0.174. The zero-order chi connectivity index (χ0) is 26.5. The lowest BCUT2D eigenvalue weighted by Crippen LogP contribution is -2.63. The fourth-order valence-electron chi connectivity index (χ4n) is 10.5. The van der Waals surface area contributed by atoms with Gasteiger partial charge in [0.25, 0.3) is 0 Å². The molecule has 3 fully saturated rings. The molecule has 5 aliphatic carbocycles. The number of aliphatic carboxylic acids is 1. The van der Waals surface area contributed by atoms with Gasteiger partial charge < -0.3 is 9.84 Å². The summed E-state index contributed by atoms with van der Waals surface area (Å²) < 4.78 is 5.65. The number of allylic oxidation sites excluding steroid dienone is 3. The Balaban J connectivity index is 1.60. The third-order valence-electron chi connectivity index (χ3n) is 13.1. The van der Waals surface area contributed by atoms with Gasteiger partial charge in [-0.05, 0) is 109 Å². The van der Waals surface area contributed by atoms with E-state index in [-0.39, 0.29) is 16.2 Å². The maximum Gasteiger partial charge on any atom is 0.317 e. The number of fused-ring (bicyclic) bond motifs is 7. The molecule has 0 heterocycles. The largest absolute Gasteiger partial charge is 0.480 e. The van der Waals surface area contributed by atoms with Crippen molar-refractivity contribution in [1.29, 1.82) is 0 Å². The SMILES string of the molecule is CC(=O)O[C@@H]1CC[C@@]2(C)C(=CC[C@]3(C)[C@@H]2CC=C2[C@@H]4[C@@H](C)[C@H](C)CC[C@]4(C)CC[C@]23C)[C@@]1(C)C(=O)O. The first kappa shape index (κ1) is 26.0. The van der Waals surface area contributed by atoms with E-state index in [4.69, 9.17) is 4.74 Å². The van der Waals surface area contributed by atoms with E-state index in [0.29, 0.717) is 29.6 Å². The first-order valence-electron chi connectivity index (χ1n) is 14.5. The highest BCUT2D eigenvalue weighted by Crippen LogP contribution is 2.74. The fraction of sp³-hybridized carbons (Fsp3) is 0.812. The number of hydrogen-bond donors (Lipinski definition) is 1. The summed E-state index contributed by atoms with van der Waals surface area (Å²) in [6, 6.07) is 0. The summed E-state index contributed by atoms with van der Waals surface area (Å²) in [4.78, 5) is 24.7. The Labute approximate surface area is 218 Å². The molecule has 0 unspecified atom stereocenters. The number of esters is 1. The second kappa shape index (κ2) is 7.96. The summed E-state index contributed by atoms with van der Waals surface area (Å²) >= 11 is 0. The smallest absolute Gasteiger partial charge is 0.317 e. The van der Waals surface area contributed by atoms with Crippen molar-refractivity contribution in [2.75, 3.05) is 0 Å². The topological polar surface area (TPSA) is 63.6 Å². The molecule has 0 bridgehead atoms. The molecule has 0 spiro atoms. The number of rotatable bonds is 2. The zero-order valence-electron chi connectivity index (χ0n) is 23.9. The summed E-state index contributed by atoms with van der Waals surface area (Å²) in [6.07, 6.45) is 12.9. The van der Waals surface area contributed by atoms with E-state index < -0.39 is 23.5 Å². The van der Waals surface area contributed by atoms with Crippen LogP contribution in [-0.4, -0.2) is 23.1 Å². The molecule has 0 aromatic heterocycles. The van der Waals surface area contributed by atoms with E-state index in [1.54, 1.807) is 12.5 Å². The molecule has 0 aromatic rings. The Hall–Kier alpha value is -1.58.